The normalized spacial score (nSPS) is 11.9. The van der Waals surface area contributed by atoms with Gasteiger partial charge in [-0.15, -0.1) is 0 Å². The van der Waals surface area contributed by atoms with Gasteiger partial charge in [-0.2, -0.15) is 0 Å². The van der Waals surface area contributed by atoms with E-state index in [0.29, 0.717) is 0 Å². The Morgan fingerprint density at radius 3 is 2.58 bits per heavy atom. The molecule has 0 aromatic heterocycles. The van der Waals surface area contributed by atoms with Crippen molar-refractivity contribution in [1.82, 2.24) is 0 Å². The number of hydrogen-bond donors (Lipinski definition) is 2. The zero-order valence-electron chi connectivity index (χ0n) is 10.9. The molecule has 0 aliphatic carbocycles. The van der Waals surface area contributed by atoms with Gasteiger partial charge in [0.15, 0.2) is 0 Å². The van der Waals surface area contributed by atoms with Crippen molar-refractivity contribution in [3.05, 3.63) is 29.3 Å². The number of aryl methyl sites for hydroxylation is 2. The molecule has 1 aromatic rings. The Morgan fingerprint density at radius 2 is 2.00 bits per heavy atom. The minimum absolute atomic E-state index is 0.302. The first-order valence-corrected chi connectivity index (χ1v) is 7.38. The highest BCUT2D eigenvalue weighted by atomic mass is 32.2. The summed E-state index contributed by atoms with van der Waals surface area (Å²) < 4.78 is 11.4. The van der Waals surface area contributed by atoms with E-state index >= 15 is 0 Å². The van der Waals surface area contributed by atoms with E-state index in [2.05, 4.69) is 5.32 Å². The van der Waals surface area contributed by atoms with Crippen molar-refractivity contribution in [3.63, 3.8) is 0 Å². The van der Waals surface area contributed by atoms with Crippen molar-refractivity contribution < 1.29 is 18.9 Å². The Bertz CT molecular complexity index is 513. The third-order valence-electron chi connectivity index (χ3n) is 2.58. The van der Waals surface area contributed by atoms with Crippen molar-refractivity contribution in [1.29, 1.82) is 0 Å². The minimum Gasteiger partial charge on any atom is -0.481 e. The van der Waals surface area contributed by atoms with E-state index in [1.54, 1.807) is 0 Å². The van der Waals surface area contributed by atoms with Crippen LogP contribution in [-0.2, 0) is 26.8 Å². The molecule has 0 heterocycles. The summed E-state index contributed by atoms with van der Waals surface area (Å²) in [7, 11) is -1.68. The summed E-state index contributed by atoms with van der Waals surface area (Å²) in [5, 5.41) is 11.2. The number of anilines is 1. The van der Waals surface area contributed by atoms with E-state index in [4.69, 9.17) is 5.11 Å². The molecule has 5 nitrogen and oxygen atoms in total. The number of para-hydroxylation sites is 1. The number of benzene rings is 1. The number of carbonyl (C=O) groups is 2. The second-order valence-electron chi connectivity index (χ2n) is 4.13. The smallest absolute Gasteiger partial charge is 0.316 e. The average molecular weight is 283 g/mol. The summed E-state index contributed by atoms with van der Waals surface area (Å²) in [6.07, 6.45) is 0.773. The Hall–Kier alpha value is -1.69. The molecular weight excluding hydrogens is 266 g/mol. The van der Waals surface area contributed by atoms with Crippen LogP contribution in [0.15, 0.2) is 18.2 Å². The molecule has 104 valence electrons. The number of aliphatic carboxylic acids is 1. The number of carbonyl (C=O) groups excluding carboxylic acids is 1. The Morgan fingerprint density at radius 1 is 1.32 bits per heavy atom. The Labute approximate surface area is 114 Å². The van der Waals surface area contributed by atoms with E-state index in [9.17, 15) is 13.8 Å². The van der Waals surface area contributed by atoms with Crippen molar-refractivity contribution in [2.24, 2.45) is 0 Å². The zero-order valence-corrected chi connectivity index (χ0v) is 11.8. The second kappa shape index (κ2) is 7.04. The lowest BCUT2D eigenvalue weighted by molar-refractivity contribution is -0.133. The lowest BCUT2D eigenvalue weighted by atomic mass is 10.1. The third-order valence-corrected chi connectivity index (χ3v) is 3.73. The summed E-state index contributed by atoms with van der Waals surface area (Å²) in [4.78, 5) is 22.1. The molecule has 0 saturated carbocycles. The molecule has 1 amide bonds. The van der Waals surface area contributed by atoms with Crippen molar-refractivity contribution >= 4 is 28.4 Å². The lowest BCUT2D eigenvalue weighted by Crippen LogP contribution is -2.24. The topological polar surface area (TPSA) is 83.5 Å². The van der Waals surface area contributed by atoms with Crippen LogP contribution in [0.3, 0.4) is 0 Å². The lowest BCUT2D eigenvalue weighted by Gasteiger charge is -2.12. The van der Waals surface area contributed by atoms with Gasteiger partial charge in [0.25, 0.3) is 0 Å². The highest BCUT2D eigenvalue weighted by molar-refractivity contribution is 7.86. The summed E-state index contributed by atoms with van der Waals surface area (Å²) in [5.74, 6) is -2.41. The fourth-order valence-corrected chi connectivity index (χ4v) is 2.45. The molecule has 2 N–H and O–H groups in total. The fourth-order valence-electron chi connectivity index (χ4n) is 1.71. The van der Waals surface area contributed by atoms with Gasteiger partial charge in [-0.25, -0.2) is 0 Å². The maximum atomic E-state index is 11.7. The van der Waals surface area contributed by atoms with E-state index in [1.807, 2.05) is 32.0 Å². The van der Waals surface area contributed by atoms with Crippen LogP contribution >= 0.6 is 0 Å². The molecule has 0 aliphatic heterocycles. The predicted octanol–water partition coefficient (Wildman–Crippen LogP) is 1.33. The average Bonchev–Trinajstić information content (AvgIpc) is 2.30. The first-order valence-electron chi connectivity index (χ1n) is 5.89. The van der Waals surface area contributed by atoms with Crippen molar-refractivity contribution in [2.75, 3.05) is 16.8 Å². The van der Waals surface area contributed by atoms with Crippen LogP contribution < -0.4 is 5.32 Å². The molecule has 0 aliphatic rings. The molecular formula is C13H17NO4S. The van der Waals surface area contributed by atoms with Gasteiger partial charge in [0.1, 0.15) is 11.5 Å². The largest absolute Gasteiger partial charge is 0.481 e. The molecule has 0 bridgehead atoms. The van der Waals surface area contributed by atoms with E-state index in [1.165, 1.54) is 0 Å². The molecule has 0 unspecified atom stereocenters. The quantitative estimate of drug-likeness (QED) is 0.825. The molecule has 0 saturated heterocycles. The number of nitrogens with one attached hydrogen (secondary N) is 1. The molecule has 1 aromatic carbocycles. The van der Waals surface area contributed by atoms with Crippen LogP contribution in [0, 0.1) is 6.92 Å². The van der Waals surface area contributed by atoms with Crippen molar-refractivity contribution in [2.45, 2.75) is 20.3 Å². The van der Waals surface area contributed by atoms with Gasteiger partial charge in [0.05, 0.1) is 0 Å². The third kappa shape index (κ3) is 4.82. The summed E-state index contributed by atoms with van der Waals surface area (Å²) >= 11 is 0. The van der Waals surface area contributed by atoms with Gasteiger partial charge in [-0.3, -0.25) is 13.8 Å². The van der Waals surface area contributed by atoms with Gasteiger partial charge in [0, 0.05) is 16.5 Å². The summed E-state index contributed by atoms with van der Waals surface area (Å²) in [6, 6.07) is 5.70. The number of hydrogen-bond acceptors (Lipinski definition) is 3. The standard InChI is InChI=1S/C13H17NO4S/c1-3-10-6-4-5-9(2)13(10)14-11(15)7-19(18)8-12(16)17/h4-6H,3,7-8H2,1-2H3,(H,14,15)(H,16,17)/t19-/m0/s1. The zero-order chi connectivity index (χ0) is 14.4. The van der Waals surface area contributed by atoms with Crippen LogP contribution in [0.5, 0.6) is 0 Å². The summed E-state index contributed by atoms with van der Waals surface area (Å²) in [6.45, 7) is 3.86. The first-order chi connectivity index (χ1) is 8.93. The van der Waals surface area contributed by atoms with Crippen LogP contribution in [0.4, 0.5) is 5.69 Å². The van der Waals surface area contributed by atoms with Crippen LogP contribution in [0.1, 0.15) is 18.1 Å². The molecule has 6 heteroatoms. The minimum atomic E-state index is -1.68. The fraction of sp³-hybridized carbons (Fsp3) is 0.385. The van der Waals surface area contributed by atoms with E-state index in [-0.39, 0.29) is 5.75 Å². The van der Waals surface area contributed by atoms with Gasteiger partial charge in [-0.05, 0) is 24.5 Å². The molecule has 1 atom stereocenters. The number of carboxylic acid groups (broad SMARTS) is 1. The van der Waals surface area contributed by atoms with Gasteiger partial charge in [0.2, 0.25) is 5.91 Å². The van der Waals surface area contributed by atoms with Gasteiger partial charge >= 0.3 is 5.97 Å². The first kappa shape index (κ1) is 15.4. The van der Waals surface area contributed by atoms with Gasteiger partial charge < -0.3 is 10.4 Å². The summed E-state index contributed by atoms with van der Waals surface area (Å²) in [5.41, 5.74) is 2.65. The number of rotatable bonds is 6. The predicted molar refractivity (Wildman–Crippen MR) is 74.7 cm³/mol. The maximum Gasteiger partial charge on any atom is 0.316 e. The van der Waals surface area contributed by atoms with Crippen LogP contribution in [0.2, 0.25) is 0 Å². The highest BCUT2D eigenvalue weighted by Crippen LogP contribution is 2.20. The van der Waals surface area contributed by atoms with Crippen LogP contribution in [-0.4, -0.2) is 32.7 Å². The SMILES string of the molecule is CCc1cccc(C)c1NC(=O)C[S@](=O)CC(=O)O. The number of amides is 1. The molecule has 0 spiro atoms. The molecule has 19 heavy (non-hydrogen) atoms. The number of carboxylic acids is 1. The van der Waals surface area contributed by atoms with E-state index in [0.717, 1.165) is 23.2 Å². The Balaban J connectivity index is 2.72. The van der Waals surface area contributed by atoms with E-state index < -0.39 is 28.4 Å². The maximum absolute atomic E-state index is 11.7. The molecule has 0 radical (unpaired) electrons. The van der Waals surface area contributed by atoms with Crippen LogP contribution in [0.25, 0.3) is 0 Å². The second-order valence-corrected chi connectivity index (χ2v) is 5.59. The highest BCUT2D eigenvalue weighted by Gasteiger charge is 2.13. The Kier molecular flexibility index (Phi) is 5.69. The van der Waals surface area contributed by atoms with Crippen molar-refractivity contribution in [3.8, 4) is 0 Å². The monoisotopic (exact) mass is 283 g/mol. The molecule has 1 rings (SSSR count). The molecule has 0 fully saturated rings. The van der Waals surface area contributed by atoms with Gasteiger partial charge in [-0.1, -0.05) is 25.1 Å².